The lowest BCUT2D eigenvalue weighted by Gasteiger charge is -2.57. The summed E-state index contributed by atoms with van der Waals surface area (Å²) in [5.41, 5.74) is 0.627. The van der Waals surface area contributed by atoms with Gasteiger partial charge < -0.3 is 4.90 Å². The summed E-state index contributed by atoms with van der Waals surface area (Å²) in [6.07, 6.45) is 8.29. The van der Waals surface area contributed by atoms with E-state index in [9.17, 15) is 13.2 Å². The Morgan fingerprint density at radius 2 is 1.46 bits per heavy atom. The third kappa shape index (κ3) is 2.98. The van der Waals surface area contributed by atoms with Gasteiger partial charge in [0.25, 0.3) is 0 Å². The fraction of sp³-hybridized carbons (Fsp3) is 0.667. The van der Waals surface area contributed by atoms with Crippen LogP contribution in [0.3, 0.4) is 0 Å². The molecule has 1 aromatic carbocycles. The predicted molar refractivity (Wildman–Crippen MR) is 103 cm³/mol. The average molecular weight is 376 g/mol. The molecule has 0 unspecified atom stereocenters. The van der Waals surface area contributed by atoms with Crippen LogP contribution >= 0.6 is 0 Å². The van der Waals surface area contributed by atoms with Crippen LogP contribution in [0.15, 0.2) is 29.2 Å². The molecule has 1 aromatic rings. The summed E-state index contributed by atoms with van der Waals surface area (Å²) in [5, 5.41) is 0. The minimum Gasteiger partial charge on any atom is -0.309 e. The van der Waals surface area contributed by atoms with Gasteiger partial charge in [-0.1, -0.05) is 0 Å². The van der Waals surface area contributed by atoms with Crippen molar-refractivity contribution in [3.05, 3.63) is 24.3 Å². The van der Waals surface area contributed by atoms with E-state index in [1.807, 2.05) is 18.7 Å². The summed E-state index contributed by atoms with van der Waals surface area (Å²) >= 11 is 0. The van der Waals surface area contributed by atoms with Gasteiger partial charge in [-0.25, -0.2) is 8.42 Å². The highest BCUT2D eigenvalue weighted by atomic mass is 32.2. The first kappa shape index (κ1) is 18.0. The van der Waals surface area contributed by atoms with Crippen LogP contribution in [0, 0.1) is 23.2 Å². The van der Waals surface area contributed by atoms with E-state index < -0.39 is 9.84 Å². The number of carbonyl (C=O) groups is 1. The van der Waals surface area contributed by atoms with Gasteiger partial charge in [0.05, 0.1) is 10.3 Å². The first-order chi connectivity index (χ1) is 12.2. The maximum atomic E-state index is 13.7. The number of hydrogen-bond donors (Lipinski definition) is 0. The maximum absolute atomic E-state index is 13.7. The largest absolute Gasteiger partial charge is 0.309 e. The number of benzene rings is 1. The van der Waals surface area contributed by atoms with Crippen molar-refractivity contribution in [3.8, 4) is 0 Å². The summed E-state index contributed by atoms with van der Waals surface area (Å²) in [7, 11) is -3.23. The highest BCUT2D eigenvalue weighted by Gasteiger charge is 2.55. The van der Waals surface area contributed by atoms with Crippen LogP contribution in [0.1, 0.15) is 52.4 Å². The first-order valence-electron chi connectivity index (χ1n) is 9.82. The number of sulfone groups is 1. The van der Waals surface area contributed by atoms with Crippen LogP contribution in [0.25, 0.3) is 0 Å². The average Bonchev–Trinajstić information content (AvgIpc) is 2.53. The molecule has 0 aromatic heterocycles. The predicted octanol–water partition coefficient (Wildman–Crippen LogP) is 4.05. The fourth-order valence-electron chi connectivity index (χ4n) is 6.13. The van der Waals surface area contributed by atoms with E-state index in [1.165, 1.54) is 25.5 Å². The molecule has 0 N–H and O–H groups in total. The molecule has 0 atom stereocenters. The molecule has 4 fully saturated rings. The zero-order valence-electron chi connectivity index (χ0n) is 15.9. The Labute approximate surface area is 156 Å². The van der Waals surface area contributed by atoms with Crippen LogP contribution in [-0.4, -0.2) is 26.6 Å². The Kier molecular flexibility index (Phi) is 4.22. The van der Waals surface area contributed by atoms with Crippen LogP contribution in [0.4, 0.5) is 5.69 Å². The molecule has 0 radical (unpaired) electrons. The zero-order chi connectivity index (χ0) is 18.7. The van der Waals surface area contributed by atoms with E-state index in [1.54, 1.807) is 24.3 Å². The van der Waals surface area contributed by atoms with Crippen molar-refractivity contribution in [1.29, 1.82) is 0 Å². The van der Waals surface area contributed by atoms with Crippen LogP contribution in [-0.2, 0) is 14.6 Å². The zero-order valence-corrected chi connectivity index (χ0v) is 16.8. The van der Waals surface area contributed by atoms with Crippen LogP contribution in [0.5, 0.6) is 0 Å². The molecule has 4 aliphatic carbocycles. The van der Waals surface area contributed by atoms with Crippen molar-refractivity contribution < 1.29 is 13.2 Å². The van der Waals surface area contributed by atoms with Crippen molar-refractivity contribution in [2.24, 2.45) is 23.2 Å². The molecule has 142 valence electrons. The van der Waals surface area contributed by atoms with Gasteiger partial charge in [0.1, 0.15) is 0 Å². The lowest BCUT2D eigenvalue weighted by molar-refractivity contribution is -0.143. The summed E-state index contributed by atoms with van der Waals surface area (Å²) in [6.45, 7) is 4.09. The highest BCUT2D eigenvalue weighted by molar-refractivity contribution is 7.90. The van der Waals surface area contributed by atoms with Crippen molar-refractivity contribution in [2.75, 3.05) is 11.2 Å². The van der Waals surface area contributed by atoms with Crippen molar-refractivity contribution in [2.45, 2.75) is 63.3 Å². The van der Waals surface area contributed by atoms with Gasteiger partial charge in [-0.3, -0.25) is 4.79 Å². The standard InChI is InChI=1S/C21H29NO3S/c1-14(2)22(18-4-6-19(7-5-18)26(3,24)25)20(23)21-11-15-8-16(12-21)10-17(9-15)13-21/h4-7,14-17H,8-13H2,1-3H3. The van der Waals surface area contributed by atoms with E-state index >= 15 is 0 Å². The first-order valence-corrected chi connectivity index (χ1v) is 11.7. The SMILES string of the molecule is CC(C)N(C(=O)C12CC3CC(CC(C3)C1)C2)c1ccc(S(C)(=O)=O)cc1. The molecule has 5 rings (SSSR count). The molecular formula is C21H29NO3S. The van der Waals surface area contributed by atoms with E-state index in [2.05, 4.69) is 0 Å². The molecule has 4 nitrogen and oxygen atoms in total. The molecule has 26 heavy (non-hydrogen) atoms. The molecular weight excluding hydrogens is 346 g/mol. The van der Waals surface area contributed by atoms with Gasteiger partial charge in [0, 0.05) is 18.0 Å². The van der Waals surface area contributed by atoms with Crippen molar-refractivity contribution in [1.82, 2.24) is 0 Å². The molecule has 0 heterocycles. The van der Waals surface area contributed by atoms with E-state index in [4.69, 9.17) is 0 Å². The Hall–Kier alpha value is -1.36. The quantitative estimate of drug-likeness (QED) is 0.798. The topological polar surface area (TPSA) is 54.5 Å². The molecule has 5 heteroatoms. The maximum Gasteiger partial charge on any atom is 0.233 e. The van der Waals surface area contributed by atoms with Gasteiger partial charge in [0.15, 0.2) is 9.84 Å². The molecule has 0 aliphatic heterocycles. The minimum absolute atomic E-state index is 0.0552. The second-order valence-corrected chi connectivity index (χ2v) is 11.2. The third-order valence-corrected chi connectivity index (χ3v) is 7.90. The van der Waals surface area contributed by atoms with Crippen molar-refractivity contribution >= 4 is 21.4 Å². The Bertz CT molecular complexity index is 775. The summed E-state index contributed by atoms with van der Waals surface area (Å²) < 4.78 is 23.5. The lowest BCUT2D eigenvalue weighted by Crippen LogP contribution is -2.56. The van der Waals surface area contributed by atoms with Crippen LogP contribution < -0.4 is 4.90 Å². The Balaban J connectivity index is 1.66. The smallest absolute Gasteiger partial charge is 0.233 e. The van der Waals surface area contributed by atoms with E-state index in [0.717, 1.165) is 42.7 Å². The number of nitrogens with zero attached hydrogens (tertiary/aromatic N) is 1. The Morgan fingerprint density at radius 1 is 1.00 bits per heavy atom. The van der Waals surface area contributed by atoms with Crippen LogP contribution in [0.2, 0.25) is 0 Å². The minimum atomic E-state index is -3.23. The van der Waals surface area contributed by atoms with Gasteiger partial charge in [-0.15, -0.1) is 0 Å². The summed E-state index contributed by atoms with van der Waals surface area (Å²) in [4.78, 5) is 15.9. The van der Waals surface area contributed by atoms with Crippen molar-refractivity contribution in [3.63, 3.8) is 0 Å². The summed E-state index contributed by atoms with van der Waals surface area (Å²) in [5.74, 6) is 2.45. The second-order valence-electron chi connectivity index (χ2n) is 9.23. The molecule has 4 aliphatic rings. The van der Waals surface area contributed by atoms with Gasteiger partial charge in [-0.2, -0.15) is 0 Å². The number of rotatable bonds is 4. The summed E-state index contributed by atoms with van der Waals surface area (Å²) in [6, 6.07) is 6.86. The molecule has 4 bridgehead atoms. The van der Waals surface area contributed by atoms with E-state index in [-0.39, 0.29) is 17.4 Å². The lowest BCUT2D eigenvalue weighted by atomic mass is 9.49. The van der Waals surface area contributed by atoms with Gasteiger partial charge in [0.2, 0.25) is 5.91 Å². The fourth-order valence-corrected chi connectivity index (χ4v) is 6.76. The third-order valence-electron chi connectivity index (χ3n) is 6.77. The van der Waals surface area contributed by atoms with E-state index in [0.29, 0.717) is 4.90 Å². The molecule has 1 amide bonds. The number of amides is 1. The monoisotopic (exact) mass is 375 g/mol. The second kappa shape index (κ2) is 6.08. The number of carbonyl (C=O) groups excluding carboxylic acids is 1. The molecule has 0 spiro atoms. The number of anilines is 1. The Morgan fingerprint density at radius 3 is 1.85 bits per heavy atom. The number of hydrogen-bond acceptors (Lipinski definition) is 3. The van der Waals surface area contributed by atoms with Gasteiger partial charge in [-0.05, 0) is 94.4 Å². The normalized spacial score (nSPS) is 32.8. The van der Waals surface area contributed by atoms with Gasteiger partial charge >= 0.3 is 0 Å². The molecule has 0 saturated heterocycles. The molecule has 4 saturated carbocycles. The highest BCUT2D eigenvalue weighted by Crippen LogP contribution is 2.60.